The lowest BCUT2D eigenvalue weighted by Gasteiger charge is -2.14. The number of hydrogen-bond donors (Lipinski definition) is 2. The Bertz CT molecular complexity index is 1560. The van der Waals surface area contributed by atoms with Crippen LogP contribution in [-0.4, -0.2) is 30.4 Å². The van der Waals surface area contributed by atoms with Gasteiger partial charge < -0.3 is 15.2 Å². The molecule has 2 N–H and O–H groups in total. The number of nitrogens with zero attached hydrogens (tertiary/aromatic N) is 5. The zero-order valence-electron chi connectivity index (χ0n) is 20.0. The summed E-state index contributed by atoms with van der Waals surface area (Å²) in [4.78, 5) is 29.7. The van der Waals surface area contributed by atoms with Gasteiger partial charge in [0.2, 0.25) is 5.95 Å². The first-order valence-corrected chi connectivity index (χ1v) is 11.8. The minimum Gasteiger partial charge on any atom is -0.324 e. The zero-order valence-corrected chi connectivity index (χ0v) is 22.5. The van der Waals surface area contributed by atoms with Crippen LogP contribution in [0.15, 0.2) is 78.7 Å². The Hall–Kier alpha value is -4.00. The Labute approximate surface area is 237 Å². The van der Waals surface area contributed by atoms with Crippen LogP contribution in [0, 0.1) is 6.92 Å². The summed E-state index contributed by atoms with van der Waals surface area (Å²) in [6, 6.07) is 11.5. The summed E-state index contributed by atoms with van der Waals surface area (Å²) in [5.41, 5.74) is 0.936. The van der Waals surface area contributed by atoms with Gasteiger partial charge in [-0.05, 0) is 55.5 Å². The standard InChI is InChI=1S/C25H18F3N7OS.2ClH/c1-15-29-8-10-35(15)20-13-17(25(26,27)28)12-19(14-20)32-22(36)16-2-4-18(5-3-16)33-24-31-7-6-21(34-24)23-30-9-11-37-23;;/h2-14H,1H3,(H,32,36)(H,31,33,34);2*1H. The number of thiazole rings is 1. The molecule has 3 aromatic heterocycles. The van der Waals surface area contributed by atoms with E-state index >= 15 is 0 Å². The number of rotatable bonds is 6. The van der Waals surface area contributed by atoms with Crippen LogP contribution in [0.4, 0.5) is 30.5 Å². The van der Waals surface area contributed by atoms with E-state index in [1.807, 2.05) is 5.38 Å². The number of imidazole rings is 1. The molecule has 0 bridgehead atoms. The lowest BCUT2D eigenvalue weighted by atomic mass is 10.1. The molecule has 39 heavy (non-hydrogen) atoms. The summed E-state index contributed by atoms with van der Waals surface area (Å²) in [6.07, 6.45) is 1.76. The minimum atomic E-state index is -4.59. The third kappa shape index (κ3) is 6.91. The van der Waals surface area contributed by atoms with E-state index in [4.69, 9.17) is 0 Å². The van der Waals surface area contributed by atoms with Crippen molar-refractivity contribution < 1.29 is 18.0 Å². The van der Waals surface area contributed by atoms with Gasteiger partial charge in [-0.1, -0.05) is 0 Å². The maximum absolute atomic E-state index is 13.5. The summed E-state index contributed by atoms with van der Waals surface area (Å²) < 4.78 is 42.1. The molecule has 0 atom stereocenters. The van der Waals surface area contributed by atoms with Crippen LogP contribution in [0.5, 0.6) is 0 Å². The van der Waals surface area contributed by atoms with E-state index in [2.05, 4.69) is 30.6 Å². The van der Waals surface area contributed by atoms with Gasteiger partial charge in [-0.15, -0.1) is 36.2 Å². The average Bonchev–Trinajstić information content (AvgIpc) is 3.56. The number of anilines is 3. The summed E-state index contributed by atoms with van der Waals surface area (Å²) in [5, 5.41) is 8.24. The van der Waals surface area contributed by atoms with E-state index in [-0.39, 0.29) is 41.8 Å². The summed E-state index contributed by atoms with van der Waals surface area (Å²) in [7, 11) is 0. The number of halogens is 5. The molecule has 0 radical (unpaired) electrons. The minimum absolute atomic E-state index is 0. The predicted octanol–water partition coefficient (Wildman–Crippen LogP) is 6.95. The molecular formula is C25H20Cl2F3N7OS. The molecule has 1 amide bonds. The number of nitrogens with one attached hydrogen (secondary N) is 2. The molecule has 0 unspecified atom stereocenters. The van der Waals surface area contributed by atoms with Crippen molar-refractivity contribution in [2.45, 2.75) is 13.1 Å². The molecule has 0 aliphatic heterocycles. The lowest BCUT2D eigenvalue weighted by Crippen LogP contribution is -2.14. The molecule has 0 spiro atoms. The molecular weight excluding hydrogens is 574 g/mol. The first-order chi connectivity index (χ1) is 17.8. The fourth-order valence-electron chi connectivity index (χ4n) is 3.56. The second-order valence-electron chi connectivity index (χ2n) is 7.87. The van der Waals surface area contributed by atoms with Gasteiger partial charge in [0.1, 0.15) is 16.5 Å². The van der Waals surface area contributed by atoms with Crippen molar-refractivity contribution in [2.75, 3.05) is 10.6 Å². The quantitative estimate of drug-likeness (QED) is 0.221. The topological polar surface area (TPSA) is 97.6 Å². The maximum Gasteiger partial charge on any atom is 0.416 e. The first kappa shape index (κ1) is 29.6. The predicted molar refractivity (Wildman–Crippen MR) is 149 cm³/mol. The number of benzene rings is 2. The Morgan fingerprint density at radius 2 is 1.69 bits per heavy atom. The van der Waals surface area contributed by atoms with Crippen molar-refractivity contribution >= 4 is 59.4 Å². The smallest absolute Gasteiger partial charge is 0.324 e. The van der Waals surface area contributed by atoms with Gasteiger partial charge in [-0.25, -0.2) is 19.9 Å². The Morgan fingerprint density at radius 3 is 2.33 bits per heavy atom. The highest BCUT2D eigenvalue weighted by molar-refractivity contribution is 7.13. The molecule has 8 nitrogen and oxygen atoms in total. The highest BCUT2D eigenvalue weighted by Crippen LogP contribution is 2.33. The normalized spacial score (nSPS) is 10.8. The number of hydrogen-bond acceptors (Lipinski definition) is 7. The van der Waals surface area contributed by atoms with Crippen LogP contribution in [0.1, 0.15) is 21.7 Å². The molecule has 2 aromatic carbocycles. The van der Waals surface area contributed by atoms with Gasteiger partial charge >= 0.3 is 6.18 Å². The Balaban J connectivity index is 0.00000210. The highest BCUT2D eigenvalue weighted by atomic mass is 35.5. The van der Waals surface area contributed by atoms with Gasteiger partial charge in [0.25, 0.3) is 5.91 Å². The van der Waals surface area contributed by atoms with Crippen molar-refractivity contribution in [3.8, 4) is 16.4 Å². The lowest BCUT2D eigenvalue weighted by molar-refractivity contribution is -0.137. The summed E-state index contributed by atoms with van der Waals surface area (Å²) in [6.45, 7) is 1.68. The van der Waals surface area contributed by atoms with E-state index in [0.29, 0.717) is 23.2 Å². The number of carbonyl (C=O) groups excluding carboxylic acids is 1. The molecule has 202 valence electrons. The fourth-order valence-corrected chi connectivity index (χ4v) is 4.17. The van der Waals surface area contributed by atoms with Crippen molar-refractivity contribution in [3.05, 3.63) is 95.6 Å². The van der Waals surface area contributed by atoms with Crippen molar-refractivity contribution in [2.24, 2.45) is 0 Å². The van der Waals surface area contributed by atoms with Gasteiger partial charge in [-0.2, -0.15) is 13.2 Å². The molecule has 0 aliphatic rings. The van der Waals surface area contributed by atoms with E-state index in [1.165, 1.54) is 28.2 Å². The number of amides is 1. The first-order valence-electron chi connectivity index (χ1n) is 10.9. The molecule has 3 heterocycles. The zero-order chi connectivity index (χ0) is 26.0. The number of alkyl halides is 3. The monoisotopic (exact) mass is 593 g/mol. The molecule has 5 aromatic rings. The SMILES string of the molecule is Cc1nccn1-c1cc(NC(=O)c2ccc(Nc3nccc(-c4nccs4)n3)cc2)cc(C(F)(F)F)c1.Cl.Cl. The van der Waals surface area contributed by atoms with Crippen LogP contribution in [0.2, 0.25) is 0 Å². The summed E-state index contributed by atoms with van der Waals surface area (Å²) >= 11 is 1.46. The fraction of sp³-hybridized carbons (Fsp3) is 0.0800. The van der Waals surface area contributed by atoms with E-state index in [0.717, 1.165) is 17.1 Å². The molecule has 0 fully saturated rings. The van der Waals surface area contributed by atoms with Crippen molar-refractivity contribution in [1.82, 2.24) is 24.5 Å². The average molecular weight is 594 g/mol. The third-order valence-corrected chi connectivity index (χ3v) is 6.11. The Kier molecular flexibility index (Phi) is 9.28. The van der Waals surface area contributed by atoms with E-state index < -0.39 is 17.6 Å². The molecule has 14 heteroatoms. The second-order valence-corrected chi connectivity index (χ2v) is 8.76. The van der Waals surface area contributed by atoms with Crippen LogP contribution >= 0.6 is 36.2 Å². The van der Waals surface area contributed by atoms with Crippen molar-refractivity contribution in [3.63, 3.8) is 0 Å². The number of aryl methyl sites for hydroxylation is 1. The summed E-state index contributed by atoms with van der Waals surface area (Å²) in [5.74, 6) is 0.318. The van der Waals surface area contributed by atoms with Crippen LogP contribution in [0.3, 0.4) is 0 Å². The van der Waals surface area contributed by atoms with Gasteiger partial charge in [0.15, 0.2) is 0 Å². The molecule has 5 rings (SSSR count). The van der Waals surface area contributed by atoms with Crippen LogP contribution < -0.4 is 10.6 Å². The highest BCUT2D eigenvalue weighted by Gasteiger charge is 2.31. The number of aromatic nitrogens is 5. The maximum atomic E-state index is 13.5. The molecule has 0 aliphatic carbocycles. The van der Waals surface area contributed by atoms with E-state index in [1.54, 1.807) is 55.8 Å². The van der Waals surface area contributed by atoms with Crippen LogP contribution in [-0.2, 0) is 6.18 Å². The van der Waals surface area contributed by atoms with Gasteiger partial charge in [-0.3, -0.25) is 4.79 Å². The molecule has 0 saturated heterocycles. The molecule has 0 saturated carbocycles. The Morgan fingerprint density at radius 1 is 0.923 bits per heavy atom. The van der Waals surface area contributed by atoms with Gasteiger partial charge in [0, 0.05) is 52.8 Å². The second kappa shape index (κ2) is 12.2. The van der Waals surface area contributed by atoms with Gasteiger partial charge in [0.05, 0.1) is 5.56 Å². The number of carbonyl (C=O) groups is 1. The van der Waals surface area contributed by atoms with Crippen LogP contribution in [0.25, 0.3) is 16.4 Å². The van der Waals surface area contributed by atoms with E-state index in [9.17, 15) is 18.0 Å². The third-order valence-electron chi connectivity index (χ3n) is 5.32. The largest absolute Gasteiger partial charge is 0.416 e. The van der Waals surface area contributed by atoms with Crippen molar-refractivity contribution in [1.29, 1.82) is 0 Å².